The van der Waals surface area contributed by atoms with Gasteiger partial charge < -0.3 is 4.90 Å². The zero-order valence-corrected chi connectivity index (χ0v) is 11.0. The average Bonchev–Trinajstić information content (AvgIpc) is 2.90. The molecule has 0 atom stereocenters. The van der Waals surface area contributed by atoms with Crippen LogP contribution in [0.1, 0.15) is 16.2 Å². The van der Waals surface area contributed by atoms with Gasteiger partial charge in [0, 0.05) is 7.05 Å². The molecule has 20 heavy (non-hydrogen) atoms. The molecule has 104 valence electrons. The lowest BCUT2D eigenvalue weighted by atomic mass is 10.2. The number of aromatic amines is 1. The van der Waals surface area contributed by atoms with Crippen molar-refractivity contribution < 1.29 is 9.72 Å². The third-order valence-corrected chi connectivity index (χ3v) is 2.68. The maximum absolute atomic E-state index is 12.2. The molecule has 0 aliphatic rings. The summed E-state index contributed by atoms with van der Waals surface area (Å²) >= 11 is 5.68. The summed E-state index contributed by atoms with van der Waals surface area (Å²) in [6, 6.07) is 1.17. The Morgan fingerprint density at radius 1 is 1.55 bits per heavy atom. The number of halogens is 1. The monoisotopic (exact) mass is 296 g/mol. The number of carbonyl (C=O) groups is 1. The molecule has 0 radical (unpaired) electrons. The van der Waals surface area contributed by atoms with E-state index in [1.54, 1.807) is 0 Å². The van der Waals surface area contributed by atoms with Crippen molar-refractivity contribution in [3.63, 3.8) is 0 Å². The number of rotatable bonds is 4. The Labute approximate surface area is 117 Å². The largest absolute Gasteiger partial charge is 0.334 e. The molecule has 0 bridgehead atoms. The summed E-state index contributed by atoms with van der Waals surface area (Å²) in [7, 11) is 1.49. The van der Waals surface area contributed by atoms with Crippen molar-refractivity contribution in [3.8, 4) is 0 Å². The number of hydrogen-bond donors (Lipinski definition) is 1. The van der Waals surface area contributed by atoms with E-state index >= 15 is 0 Å². The predicted octanol–water partition coefficient (Wildman–Crippen LogP) is 1.03. The van der Waals surface area contributed by atoms with E-state index in [4.69, 9.17) is 11.6 Å². The molecule has 2 aromatic heterocycles. The Kier molecular flexibility index (Phi) is 3.89. The maximum atomic E-state index is 12.2. The predicted molar refractivity (Wildman–Crippen MR) is 68.1 cm³/mol. The van der Waals surface area contributed by atoms with Gasteiger partial charge in [0.25, 0.3) is 11.6 Å². The van der Waals surface area contributed by atoms with Crippen LogP contribution in [0.5, 0.6) is 0 Å². The normalized spacial score (nSPS) is 10.3. The van der Waals surface area contributed by atoms with Crippen LogP contribution < -0.4 is 0 Å². The first kappa shape index (κ1) is 13.9. The molecule has 2 rings (SSSR count). The van der Waals surface area contributed by atoms with E-state index in [2.05, 4.69) is 20.2 Å². The van der Waals surface area contributed by atoms with E-state index in [-0.39, 0.29) is 17.3 Å². The van der Waals surface area contributed by atoms with Crippen LogP contribution in [-0.2, 0) is 6.54 Å². The van der Waals surface area contributed by atoms with Crippen LogP contribution in [0.2, 0.25) is 5.15 Å². The zero-order valence-electron chi connectivity index (χ0n) is 10.3. The lowest BCUT2D eigenvalue weighted by molar-refractivity contribution is -0.385. The molecule has 0 saturated heterocycles. The molecular weight excluding hydrogens is 288 g/mol. The van der Waals surface area contributed by atoms with Crippen molar-refractivity contribution in [2.24, 2.45) is 0 Å². The van der Waals surface area contributed by atoms with Crippen molar-refractivity contribution in [2.45, 2.75) is 6.54 Å². The highest BCUT2D eigenvalue weighted by Crippen LogP contribution is 2.22. The van der Waals surface area contributed by atoms with Crippen molar-refractivity contribution in [2.75, 3.05) is 7.05 Å². The van der Waals surface area contributed by atoms with Crippen molar-refractivity contribution in [1.82, 2.24) is 25.1 Å². The minimum Gasteiger partial charge on any atom is -0.334 e. The van der Waals surface area contributed by atoms with E-state index in [1.165, 1.54) is 24.3 Å². The van der Waals surface area contributed by atoms with Gasteiger partial charge in [0.1, 0.15) is 29.1 Å². The minimum atomic E-state index is -0.682. The van der Waals surface area contributed by atoms with Gasteiger partial charge >= 0.3 is 0 Å². The van der Waals surface area contributed by atoms with Crippen LogP contribution in [0.3, 0.4) is 0 Å². The molecule has 9 nitrogen and oxygen atoms in total. The number of hydrogen-bond acceptors (Lipinski definition) is 6. The zero-order chi connectivity index (χ0) is 14.7. The number of nitrogens with one attached hydrogen (secondary N) is 1. The van der Waals surface area contributed by atoms with Crippen LogP contribution in [0.4, 0.5) is 5.69 Å². The topological polar surface area (TPSA) is 118 Å². The van der Waals surface area contributed by atoms with Crippen LogP contribution >= 0.6 is 11.6 Å². The first-order valence-electron chi connectivity index (χ1n) is 5.38. The van der Waals surface area contributed by atoms with Gasteiger partial charge in [-0.15, -0.1) is 0 Å². The van der Waals surface area contributed by atoms with Gasteiger partial charge in [-0.3, -0.25) is 20.0 Å². The maximum Gasteiger partial charge on any atom is 0.300 e. The molecule has 0 unspecified atom stereocenters. The minimum absolute atomic E-state index is 0.00650. The van der Waals surface area contributed by atoms with Crippen LogP contribution in [-0.4, -0.2) is 42.9 Å². The van der Waals surface area contributed by atoms with E-state index in [1.807, 2.05) is 0 Å². The summed E-state index contributed by atoms with van der Waals surface area (Å²) < 4.78 is 0. The summed E-state index contributed by atoms with van der Waals surface area (Å²) in [4.78, 5) is 31.2. The third kappa shape index (κ3) is 2.88. The average molecular weight is 297 g/mol. The number of nitro groups is 1. The molecule has 1 N–H and O–H groups in total. The standard InChI is InChI=1S/C10H9ClN6O3/c1-16(4-9-13-5-14-15-9)10(18)6-2-8(11)12-3-7(6)17(19)20/h2-3,5H,4H2,1H3,(H,13,14,15). The molecule has 1 amide bonds. The molecule has 10 heteroatoms. The van der Waals surface area contributed by atoms with E-state index < -0.39 is 16.5 Å². The number of aromatic nitrogens is 4. The van der Waals surface area contributed by atoms with Gasteiger partial charge in [-0.2, -0.15) is 5.10 Å². The Morgan fingerprint density at radius 2 is 2.30 bits per heavy atom. The van der Waals surface area contributed by atoms with Crippen LogP contribution in [0.15, 0.2) is 18.6 Å². The van der Waals surface area contributed by atoms with Crippen molar-refractivity contribution in [1.29, 1.82) is 0 Å². The van der Waals surface area contributed by atoms with Gasteiger partial charge in [0.2, 0.25) is 0 Å². The third-order valence-electron chi connectivity index (χ3n) is 2.48. The molecule has 2 aromatic rings. The molecular formula is C10H9ClN6O3. The molecule has 2 heterocycles. The van der Waals surface area contributed by atoms with Crippen LogP contribution in [0, 0.1) is 10.1 Å². The molecule has 0 saturated carbocycles. The van der Waals surface area contributed by atoms with Gasteiger partial charge in [-0.1, -0.05) is 11.6 Å². The number of carbonyl (C=O) groups excluding carboxylic acids is 1. The fourth-order valence-electron chi connectivity index (χ4n) is 1.55. The number of H-pyrrole nitrogens is 1. The van der Waals surface area contributed by atoms with Gasteiger partial charge in [-0.05, 0) is 6.07 Å². The second kappa shape index (κ2) is 5.61. The molecule has 0 aliphatic carbocycles. The molecule has 0 aromatic carbocycles. The number of pyridine rings is 1. The molecule has 0 spiro atoms. The fourth-order valence-corrected chi connectivity index (χ4v) is 1.71. The fraction of sp³-hybridized carbons (Fsp3) is 0.200. The van der Waals surface area contributed by atoms with Crippen molar-refractivity contribution in [3.05, 3.63) is 45.2 Å². The second-order valence-corrected chi connectivity index (χ2v) is 4.26. The number of amides is 1. The quantitative estimate of drug-likeness (QED) is 0.511. The van der Waals surface area contributed by atoms with Gasteiger partial charge in [0.05, 0.1) is 11.5 Å². The smallest absolute Gasteiger partial charge is 0.300 e. The lowest BCUT2D eigenvalue weighted by Crippen LogP contribution is -2.27. The summed E-state index contributed by atoms with van der Waals surface area (Å²) in [6.45, 7) is 0.135. The first-order valence-corrected chi connectivity index (χ1v) is 5.76. The Balaban J connectivity index is 2.28. The lowest BCUT2D eigenvalue weighted by Gasteiger charge is -2.15. The Hall–Kier alpha value is -2.55. The number of nitrogens with zero attached hydrogens (tertiary/aromatic N) is 5. The Morgan fingerprint density at radius 3 is 2.90 bits per heavy atom. The summed E-state index contributed by atoms with van der Waals surface area (Å²) in [6.07, 6.45) is 2.26. The first-order chi connectivity index (χ1) is 9.49. The van der Waals surface area contributed by atoms with Crippen molar-refractivity contribution >= 4 is 23.2 Å². The summed E-state index contributed by atoms with van der Waals surface area (Å²) in [5, 5.41) is 17.2. The Bertz CT molecular complexity index is 644. The van der Waals surface area contributed by atoms with Gasteiger partial charge in [-0.25, -0.2) is 9.97 Å². The highest BCUT2D eigenvalue weighted by Gasteiger charge is 2.24. The second-order valence-electron chi connectivity index (χ2n) is 3.87. The summed E-state index contributed by atoms with van der Waals surface area (Å²) in [5.74, 6) is -0.0962. The van der Waals surface area contributed by atoms with E-state index in [9.17, 15) is 14.9 Å². The van der Waals surface area contributed by atoms with E-state index in [0.29, 0.717) is 5.82 Å². The summed E-state index contributed by atoms with van der Waals surface area (Å²) in [5.41, 5.74) is -0.527. The highest BCUT2D eigenvalue weighted by atomic mass is 35.5. The van der Waals surface area contributed by atoms with Crippen LogP contribution in [0.25, 0.3) is 0 Å². The SMILES string of the molecule is CN(Cc1ncn[nH]1)C(=O)c1cc(Cl)ncc1[N+](=O)[O-]. The highest BCUT2D eigenvalue weighted by molar-refractivity contribution is 6.29. The molecule has 0 fully saturated rings. The van der Waals surface area contributed by atoms with Gasteiger partial charge in [0.15, 0.2) is 0 Å². The van der Waals surface area contributed by atoms with E-state index in [0.717, 1.165) is 6.20 Å². The molecule has 0 aliphatic heterocycles.